The number of hydrogen-bond acceptors (Lipinski definition) is 2. The van der Waals surface area contributed by atoms with E-state index in [9.17, 15) is 0 Å². The lowest BCUT2D eigenvalue weighted by Crippen LogP contribution is -1.93. The lowest BCUT2D eigenvalue weighted by atomic mass is 10.4. The van der Waals surface area contributed by atoms with Crippen molar-refractivity contribution in [2.45, 2.75) is 13.8 Å². The van der Waals surface area contributed by atoms with E-state index >= 15 is 0 Å². The van der Waals surface area contributed by atoms with Crippen LogP contribution in [-0.4, -0.2) is 15.2 Å². The van der Waals surface area contributed by atoms with Gasteiger partial charge < -0.3 is 5.21 Å². The van der Waals surface area contributed by atoms with Crippen LogP contribution >= 0.6 is 0 Å². The summed E-state index contributed by atoms with van der Waals surface area (Å²) in [6.07, 6.45) is 0. The van der Waals surface area contributed by atoms with Crippen LogP contribution in [0.25, 0.3) is 0 Å². The van der Waals surface area contributed by atoms with Crippen LogP contribution < -0.4 is 0 Å². The normalized spacial score (nSPS) is 9.75. The summed E-state index contributed by atoms with van der Waals surface area (Å²) < 4.78 is 0. The van der Waals surface area contributed by atoms with E-state index in [4.69, 9.17) is 5.21 Å². The molecule has 1 aromatic heterocycles. The number of aryl methyl sites for hydroxylation is 2. The monoisotopic (exact) mass is 112 g/mol. The van der Waals surface area contributed by atoms with Gasteiger partial charge in [0.1, 0.15) is 0 Å². The molecule has 0 saturated carbocycles. The topological polar surface area (TPSA) is 38.0 Å². The van der Waals surface area contributed by atoms with Crippen molar-refractivity contribution in [1.82, 2.24) is 9.94 Å². The average Bonchev–Trinajstić information content (AvgIpc) is 1.85. The second-order valence-corrected chi connectivity index (χ2v) is 1.82. The Morgan fingerprint density at radius 2 is 2.25 bits per heavy atom. The van der Waals surface area contributed by atoms with Gasteiger partial charge in [0.15, 0.2) is 0 Å². The zero-order valence-corrected chi connectivity index (χ0v) is 4.92. The highest BCUT2D eigenvalue weighted by molar-refractivity contribution is 5.04. The third-order valence-electron chi connectivity index (χ3n) is 0.986. The third kappa shape index (κ3) is 0.665. The van der Waals surface area contributed by atoms with Gasteiger partial charge in [-0.15, -0.1) is 9.94 Å². The van der Waals surface area contributed by atoms with Crippen LogP contribution in [0.1, 0.15) is 11.4 Å². The van der Waals surface area contributed by atoms with Gasteiger partial charge in [-0.25, -0.2) is 0 Å². The summed E-state index contributed by atoms with van der Waals surface area (Å²) in [7, 11) is 0. The van der Waals surface area contributed by atoms with Gasteiger partial charge in [0.25, 0.3) is 0 Å². The van der Waals surface area contributed by atoms with Crippen molar-refractivity contribution < 1.29 is 5.21 Å². The molecular weight excluding hydrogens is 104 g/mol. The molecule has 0 aliphatic rings. The van der Waals surface area contributed by atoms with Crippen molar-refractivity contribution in [3.8, 4) is 0 Å². The summed E-state index contributed by atoms with van der Waals surface area (Å²) in [5.74, 6) is 0. The Kier molecular flexibility index (Phi) is 0.970. The van der Waals surface area contributed by atoms with Gasteiger partial charge >= 0.3 is 0 Å². The molecule has 0 amide bonds. The fraction of sp³-hybridized carbons (Fsp3) is 0.400. The fourth-order valence-electron chi connectivity index (χ4n) is 0.617. The van der Waals surface area contributed by atoms with Crippen molar-refractivity contribution in [1.29, 1.82) is 0 Å². The molecule has 1 N–H and O–H groups in total. The molecule has 0 spiro atoms. The molecule has 0 saturated heterocycles. The molecule has 1 aromatic rings. The molecule has 0 aromatic carbocycles. The quantitative estimate of drug-likeness (QED) is 0.502. The van der Waals surface area contributed by atoms with E-state index in [1.165, 1.54) is 0 Å². The first-order valence-corrected chi connectivity index (χ1v) is 2.42. The standard InChI is InChI=1S/C5H8N2O/c1-4-3-5(2)7(8)6-4/h3,8H,1-2H3. The van der Waals surface area contributed by atoms with Crippen LogP contribution in [0.5, 0.6) is 0 Å². The van der Waals surface area contributed by atoms with Crippen molar-refractivity contribution >= 4 is 0 Å². The predicted octanol–water partition coefficient (Wildman–Crippen LogP) is 0.737. The lowest BCUT2D eigenvalue weighted by molar-refractivity contribution is 0.142. The van der Waals surface area contributed by atoms with Crippen LogP contribution in [0.3, 0.4) is 0 Å². The number of rotatable bonds is 0. The van der Waals surface area contributed by atoms with Gasteiger partial charge in [-0.2, -0.15) is 0 Å². The van der Waals surface area contributed by atoms with Crippen LogP contribution in [0.2, 0.25) is 0 Å². The first-order chi connectivity index (χ1) is 3.70. The number of nitrogens with zero attached hydrogens (tertiary/aromatic N) is 2. The molecule has 44 valence electrons. The summed E-state index contributed by atoms with van der Waals surface area (Å²) >= 11 is 0. The maximum absolute atomic E-state index is 8.75. The Bertz CT molecular complexity index is 173. The lowest BCUT2D eigenvalue weighted by Gasteiger charge is -1.86. The SMILES string of the molecule is Cc1cc(C)n(O)n1. The van der Waals surface area contributed by atoms with Gasteiger partial charge in [-0.3, -0.25) is 0 Å². The molecule has 1 heterocycles. The van der Waals surface area contributed by atoms with Gasteiger partial charge in [0.2, 0.25) is 0 Å². The minimum Gasteiger partial charge on any atom is -0.411 e. The van der Waals surface area contributed by atoms with E-state index in [0.717, 1.165) is 16.2 Å². The number of aromatic nitrogens is 2. The largest absolute Gasteiger partial charge is 0.411 e. The second-order valence-electron chi connectivity index (χ2n) is 1.82. The highest BCUT2D eigenvalue weighted by atomic mass is 16.5. The van der Waals surface area contributed by atoms with Crippen molar-refractivity contribution in [2.24, 2.45) is 0 Å². The van der Waals surface area contributed by atoms with E-state index in [1.807, 2.05) is 6.92 Å². The van der Waals surface area contributed by atoms with Gasteiger partial charge in [-0.1, -0.05) is 0 Å². The summed E-state index contributed by atoms with van der Waals surface area (Å²) in [4.78, 5) is 0.870. The summed E-state index contributed by atoms with van der Waals surface area (Å²) in [5, 5.41) is 12.4. The number of hydrogen-bond donors (Lipinski definition) is 1. The molecule has 0 atom stereocenters. The molecule has 0 aliphatic carbocycles. The van der Waals surface area contributed by atoms with E-state index in [-0.39, 0.29) is 0 Å². The summed E-state index contributed by atoms with van der Waals surface area (Å²) in [5.41, 5.74) is 1.60. The third-order valence-corrected chi connectivity index (χ3v) is 0.986. The molecule has 3 heteroatoms. The first-order valence-electron chi connectivity index (χ1n) is 2.42. The highest BCUT2D eigenvalue weighted by Crippen LogP contribution is 1.96. The Balaban J connectivity index is 3.14. The Labute approximate surface area is 47.5 Å². The van der Waals surface area contributed by atoms with Crippen molar-refractivity contribution in [3.05, 3.63) is 17.5 Å². The van der Waals surface area contributed by atoms with Crippen LogP contribution in [-0.2, 0) is 0 Å². The van der Waals surface area contributed by atoms with E-state index in [0.29, 0.717) is 0 Å². The van der Waals surface area contributed by atoms with E-state index in [1.54, 1.807) is 13.0 Å². The molecule has 3 nitrogen and oxygen atoms in total. The van der Waals surface area contributed by atoms with Crippen molar-refractivity contribution in [3.63, 3.8) is 0 Å². The van der Waals surface area contributed by atoms with Crippen LogP contribution in [0.4, 0.5) is 0 Å². The van der Waals surface area contributed by atoms with Crippen molar-refractivity contribution in [2.75, 3.05) is 0 Å². The molecular formula is C5H8N2O. The van der Waals surface area contributed by atoms with Gasteiger partial charge in [-0.05, 0) is 19.9 Å². The minimum absolute atomic E-state index is 0.766. The predicted molar refractivity (Wildman–Crippen MR) is 28.9 cm³/mol. The summed E-state index contributed by atoms with van der Waals surface area (Å²) in [6, 6.07) is 1.81. The van der Waals surface area contributed by atoms with Gasteiger partial charge in [0.05, 0.1) is 11.4 Å². The molecule has 8 heavy (non-hydrogen) atoms. The fourth-order valence-corrected chi connectivity index (χ4v) is 0.617. The minimum atomic E-state index is 0.766. The maximum atomic E-state index is 8.75. The highest BCUT2D eigenvalue weighted by Gasteiger charge is 1.94. The van der Waals surface area contributed by atoms with Gasteiger partial charge in [0, 0.05) is 0 Å². The molecule has 0 radical (unpaired) electrons. The Hall–Kier alpha value is -0.990. The van der Waals surface area contributed by atoms with E-state index in [2.05, 4.69) is 5.10 Å². The zero-order chi connectivity index (χ0) is 6.15. The van der Waals surface area contributed by atoms with E-state index < -0.39 is 0 Å². The first kappa shape index (κ1) is 5.15. The zero-order valence-electron chi connectivity index (χ0n) is 4.92. The van der Waals surface area contributed by atoms with Crippen LogP contribution in [0.15, 0.2) is 6.07 Å². The smallest absolute Gasteiger partial charge is 0.0770 e. The maximum Gasteiger partial charge on any atom is 0.0770 e. The second kappa shape index (κ2) is 1.51. The average molecular weight is 112 g/mol. The Morgan fingerprint density at radius 3 is 2.38 bits per heavy atom. The van der Waals surface area contributed by atoms with Crippen LogP contribution in [0, 0.1) is 13.8 Å². The molecule has 0 fully saturated rings. The molecule has 1 rings (SSSR count). The summed E-state index contributed by atoms with van der Waals surface area (Å²) in [6.45, 7) is 3.62. The Morgan fingerprint density at radius 1 is 1.62 bits per heavy atom. The molecule has 0 aliphatic heterocycles. The molecule has 0 unspecified atom stereocenters. The molecule has 0 bridgehead atoms.